The zero-order chi connectivity index (χ0) is 10.3. The highest BCUT2D eigenvalue weighted by Crippen LogP contribution is 2.21. The van der Waals surface area contributed by atoms with Crippen LogP contribution in [0.2, 0.25) is 0 Å². The maximum Gasteiger partial charge on any atom is 0.182 e. The molecule has 3 heterocycles. The van der Waals surface area contributed by atoms with Gasteiger partial charge in [-0.15, -0.1) is 10.2 Å². The molecule has 76 valence electrons. The molecule has 0 saturated carbocycles. The normalized spacial score (nSPS) is 14.1. The minimum Gasteiger partial charge on any atom is -0.397 e. The van der Waals surface area contributed by atoms with Crippen LogP contribution in [0.1, 0.15) is 12.2 Å². The van der Waals surface area contributed by atoms with Gasteiger partial charge < -0.3 is 10.3 Å². The van der Waals surface area contributed by atoms with Crippen LogP contribution in [0, 0.1) is 0 Å². The van der Waals surface area contributed by atoms with Gasteiger partial charge in [-0.05, 0) is 18.6 Å². The van der Waals surface area contributed by atoms with E-state index in [1.165, 1.54) is 0 Å². The molecular formula is C10H11N5. The monoisotopic (exact) mass is 201 g/mol. The largest absolute Gasteiger partial charge is 0.397 e. The van der Waals surface area contributed by atoms with Gasteiger partial charge in [0.05, 0.1) is 11.9 Å². The van der Waals surface area contributed by atoms with E-state index < -0.39 is 0 Å². The van der Waals surface area contributed by atoms with Gasteiger partial charge in [0.1, 0.15) is 11.5 Å². The second-order valence-corrected chi connectivity index (χ2v) is 3.67. The van der Waals surface area contributed by atoms with Gasteiger partial charge in [0.15, 0.2) is 5.82 Å². The van der Waals surface area contributed by atoms with E-state index in [0.717, 1.165) is 36.7 Å². The molecule has 0 amide bonds. The van der Waals surface area contributed by atoms with Crippen LogP contribution in [0.5, 0.6) is 0 Å². The fourth-order valence-electron chi connectivity index (χ4n) is 1.88. The summed E-state index contributed by atoms with van der Waals surface area (Å²) in [5.74, 6) is 1.91. The molecule has 1 aliphatic rings. The first-order valence-electron chi connectivity index (χ1n) is 4.98. The second kappa shape index (κ2) is 3.05. The van der Waals surface area contributed by atoms with E-state index in [4.69, 9.17) is 5.73 Å². The second-order valence-electron chi connectivity index (χ2n) is 3.67. The predicted molar refractivity (Wildman–Crippen MR) is 56.0 cm³/mol. The first-order chi connectivity index (χ1) is 7.34. The smallest absolute Gasteiger partial charge is 0.182 e. The average Bonchev–Trinajstić information content (AvgIpc) is 2.80. The average molecular weight is 201 g/mol. The van der Waals surface area contributed by atoms with Crippen LogP contribution in [-0.4, -0.2) is 19.7 Å². The molecule has 0 unspecified atom stereocenters. The molecule has 0 radical (unpaired) electrons. The minimum atomic E-state index is 0.667. The fraction of sp³-hybridized carbons (Fsp3) is 0.300. The molecule has 0 spiro atoms. The Labute approximate surface area is 87.0 Å². The molecule has 3 rings (SSSR count). The van der Waals surface area contributed by atoms with Crippen LogP contribution >= 0.6 is 0 Å². The number of rotatable bonds is 1. The van der Waals surface area contributed by atoms with E-state index in [0.29, 0.717) is 5.69 Å². The number of hydrogen-bond acceptors (Lipinski definition) is 4. The molecule has 5 nitrogen and oxygen atoms in total. The Bertz CT molecular complexity index is 485. The molecule has 0 saturated heterocycles. The summed E-state index contributed by atoms with van der Waals surface area (Å²) in [6.07, 6.45) is 3.81. The lowest BCUT2D eigenvalue weighted by Crippen LogP contribution is -1.98. The molecule has 5 heteroatoms. The molecule has 0 bridgehead atoms. The number of anilines is 1. The van der Waals surface area contributed by atoms with Crippen molar-refractivity contribution in [1.29, 1.82) is 0 Å². The van der Waals surface area contributed by atoms with Crippen LogP contribution < -0.4 is 5.73 Å². The van der Waals surface area contributed by atoms with Crippen molar-refractivity contribution in [2.75, 3.05) is 5.73 Å². The van der Waals surface area contributed by atoms with Gasteiger partial charge in [-0.1, -0.05) is 0 Å². The zero-order valence-corrected chi connectivity index (χ0v) is 8.22. The number of aromatic nitrogens is 4. The maximum atomic E-state index is 5.59. The number of pyridine rings is 1. The Morgan fingerprint density at radius 1 is 1.27 bits per heavy atom. The number of hydrogen-bond donors (Lipinski definition) is 1. The quantitative estimate of drug-likeness (QED) is 0.743. The highest BCUT2D eigenvalue weighted by molar-refractivity contribution is 5.52. The third kappa shape index (κ3) is 1.27. The molecule has 2 N–H and O–H groups in total. The SMILES string of the molecule is Nc1ccc(-c2nnc3n2CCC3)nc1. The number of aryl methyl sites for hydroxylation is 1. The molecule has 2 aromatic heterocycles. The summed E-state index contributed by atoms with van der Waals surface area (Å²) in [4.78, 5) is 4.25. The van der Waals surface area contributed by atoms with Crippen molar-refractivity contribution in [3.8, 4) is 11.5 Å². The first-order valence-corrected chi connectivity index (χ1v) is 4.98. The van der Waals surface area contributed by atoms with Gasteiger partial charge in [0.25, 0.3) is 0 Å². The summed E-state index contributed by atoms with van der Waals surface area (Å²) in [7, 11) is 0. The molecule has 0 fully saturated rings. The Kier molecular flexibility index (Phi) is 1.71. The Balaban J connectivity index is 2.09. The van der Waals surface area contributed by atoms with Gasteiger partial charge in [-0.25, -0.2) is 0 Å². The van der Waals surface area contributed by atoms with Crippen LogP contribution in [-0.2, 0) is 13.0 Å². The van der Waals surface area contributed by atoms with E-state index in [9.17, 15) is 0 Å². The van der Waals surface area contributed by atoms with E-state index >= 15 is 0 Å². The number of fused-ring (bicyclic) bond motifs is 1. The Morgan fingerprint density at radius 2 is 2.20 bits per heavy atom. The van der Waals surface area contributed by atoms with Crippen molar-refractivity contribution >= 4 is 5.69 Å². The molecule has 0 atom stereocenters. The van der Waals surface area contributed by atoms with Gasteiger partial charge in [0.2, 0.25) is 0 Å². The lowest BCUT2D eigenvalue weighted by Gasteiger charge is -2.01. The van der Waals surface area contributed by atoms with Crippen LogP contribution in [0.3, 0.4) is 0 Å². The highest BCUT2D eigenvalue weighted by atomic mass is 15.3. The van der Waals surface area contributed by atoms with Crippen LogP contribution in [0.15, 0.2) is 18.3 Å². The third-order valence-electron chi connectivity index (χ3n) is 2.62. The minimum absolute atomic E-state index is 0.667. The van der Waals surface area contributed by atoms with Crippen molar-refractivity contribution < 1.29 is 0 Å². The van der Waals surface area contributed by atoms with Crippen molar-refractivity contribution in [2.24, 2.45) is 0 Å². The van der Waals surface area contributed by atoms with Crippen LogP contribution in [0.25, 0.3) is 11.5 Å². The summed E-state index contributed by atoms with van der Waals surface area (Å²) in [5, 5.41) is 8.28. The summed E-state index contributed by atoms with van der Waals surface area (Å²) in [5.41, 5.74) is 7.09. The molecule has 15 heavy (non-hydrogen) atoms. The summed E-state index contributed by atoms with van der Waals surface area (Å²) in [6.45, 7) is 0.990. The molecular weight excluding hydrogens is 190 g/mol. The highest BCUT2D eigenvalue weighted by Gasteiger charge is 2.18. The summed E-state index contributed by atoms with van der Waals surface area (Å²) >= 11 is 0. The van der Waals surface area contributed by atoms with Gasteiger partial charge in [0, 0.05) is 13.0 Å². The first kappa shape index (κ1) is 8.40. The Morgan fingerprint density at radius 3 is 3.00 bits per heavy atom. The number of nitrogens with zero attached hydrogens (tertiary/aromatic N) is 4. The van der Waals surface area contributed by atoms with Crippen LogP contribution in [0.4, 0.5) is 5.69 Å². The van der Waals surface area contributed by atoms with E-state index in [1.54, 1.807) is 6.20 Å². The van der Waals surface area contributed by atoms with Gasteiger partial charge >= 0.3 is 0 Å². The predicted octanol–water partition coefficient (Wildman–Crippen LogP) is 0.869. The van der Waals surface area contributed by atoms with E-state index in [-0.39, 0.29) is 0 Å². The van der Waals surface area contributed by atoms with E-state index in [1.807, 2.05) is 12.1 Å². The molecule has 1 aliphatic heterocycles. The van der Waals surface area contributed by atoms with Crippen molar-refractivity contribution in [3.05, 3.63) is 24.2 Å². The van der Waals surface area contributed by atoms with Gasteiger partial charge in [-0.2, -0.15) is 0 Å². The topological polar surface area (TPSA) is 69.6 Å². The lowest BCUT2D eigenvalue weighted by molar-refractivity contribution is 0.746. The number of nitrogen functional groups attached to an aromatic ring is 1. The maximum absolute atomic E-state index is 5.59. The standard InChI is InChI=1S/C10H11N5/c11-7-3-4-8(12-6-7)10-14-13-9-2-1-5-15(9)10/h3-4,6H,1-2,5,11H2. The molecule has 0 aliphatic carbocycles. The zero-order valence-electron chi connectivity index (χ0n) is 8.22. The summed E-state index contributed by atoms with van der Waals surface area (Å²) in [6, 6.07) is 3.71. The number of nitrogens with two attached hydrogens (primary N) is 1. The summed E-state index contributed by atoms with van der Waals surface area (Å²) < 4.78 is 2.12. The molecule has 0 aromatic carbocycles. The fourth-order valence-corrected chi connectivity index (χ4v) is 1.88. The van der Waals surface area contributed by atoms with Crippen molar-refractivity contribution in [2.45, 2.75) is 19.4 Å². The molecule has 2 aromatic rings. The third-order valence-corrected chi connectivity index (χ3v) is 2.62. The lowest BCUT2D eigenvalue weighted by atomic mass is 10.3. The van der Waals surface area contributed by atoms with Crippen molar-refractivity contribution in [3.63, 3.8) is 0 Å². The van der Waals surface area contributed by atoms with Crippen molar-refractivity contribution in [1.82, 2.24) is 19.7 Å². The van der Waals surface area contributed by atoms with Gasteiger partial charge in [-0.3, -0.25) is 4.98 Å². The van der Waals surface area contributed by atoms with E-state index in [2.05, 4.69) is 19.7 Å². The Hall–Kier alpha value is -1.91.